The average Bonchev–Trinajstić information content (AvgIpc) is 2.88. The van der Waals surface area contributed by atoms with Crippen LogP contribution in [0.3, 0.4) is 0 Å². The summed E-state index contributed by atoms with van der Waals surface area (Å²) in [4.78, 5) is 13.1. The molecule has 0 aromatic carbocycles. The zero-order valence-electron chi connectivity index (χ0n) is 19.4. The molecule has 7 nitrogen and oxygen atoms in total. The molecule has 2 aromatic heterocycles. The monoisotopic (exact) mass is 517 g/mol. The van der Waals surface area contributed by atoms with Gasteiger partial charge in [-0.05, 0) is 28.0 Å². The summed E-state index contributed by atoms with van der Waals surface area (Å²) in [5, 5.41) is 4.94. The lowest BCUT2D eigenvalue weighted by Gasteiger charge is -2.16. The highest BCUT2D eigenvalue weighted by molar-refractivity contribution is 9.10. The first-order chi connectivity index (χ1) is 13.9. The minimum Gasteiger partial charge on any atom is -0.380 e. The summed E-state index contributed by atoms with van der Waals surface area (Å²) < 4.78 is 21.1. The van der Waals surface area contributed by atoms with Crippen molar-refractivity contribution in [2.75, 3.05) is 20.3 Å². The van der Waals surface area contributed by atoms with Crippen molar-refractivity contribution >= 4 is 43.0 Å². The average molecular weight is 519 g/mol. The van der Waals surface area contributed by atoms with Gasteiger partial charge in [0.2, 0.25) is 0 Å². The zero-order valence-corrected chi connectivity index (χ0v) is 23.0. The fraction of sp³-hybridized carbons (Fsp3) is 0.700. The third-order valence-corrected chi connectivity index (χ3v) is 9.13. The minimum absolute atomic E-state index is 0.154. The SMILES string of the molecule is COCc1c(Br)n(COCC[Si](C)(C)C)c2cnn(COCC[Si](C)(C)C)c(=O)c12. The van der Waals surface area contributed by atoms with Gasteiger partial charge in [0.25, 0.3) is 5.56 Å². The van der Waals surface area contributed by atoms with Crippen LogP contribution in [0.2, 0.25) is 51.4 Å². The lowest BCUT2D eigenvalue weighted by Crippen LogP contribution is -2.26. The smallest absolute Gasteiger partial charge is 0.278 e. The third-order valence-electron chi connectivity index (χ3n) is 4.82. The van der Waals surface area contributed by atoms with Gasteiger partial charge in [-0.15, -0.1) is 0 Å². The normalized spacial score (nSPS) is 12.8. The Morgan fingerprint density at radius 2 is 1.57 bits per heavy atom. The molecule has 170 valence electrons. The van der Waals surface area contributed by atoms with Crippen molar-refractivity contribution in [1.29, 1.82) is 0 Å². The molecule has 0 unspecified atom stereocenters. The van der Waals surface area contributed by atoms with E-state index < -0.39 is 16.1 Å². The van der Waals surface area contributed by atoms with Gasteiger partial charge in [-0.25, -0.2) is 4.68 Å². The molecule has 0 fully saturated rings. The molecular weight excluding hydrogens is 482 g/mol. The molecule has 0 saturated heterocycles. The van der Waals surface area contributed by atoms with E-state index in [0.717, 1.165) is 27.8 Å². The Balaban J connectivity index is 2.24. The molecular formula is C20H36BrN3O4Si2. The van der Waals surface area contributed by atoms with E-state index in [9.17, 15) is 4.79 Å². The van der Waals surface area contributed by atoms with E-state index in [-0.39, 0.29) is 12.3 Å². The summed E-state index contributed by atoms with van der Waals surface area (Å²) >= 11 is 3.64. The Morgan fingerprint density at radius 1 is 1.00 bits per heavy atom. The number of ether oxygens (including phenoxy) is 3. The van der Waals surface area contributed by atoms with Gasteiger partial charge in [-0.3, -0.25) is 4.79 Å². The van der Waals surface area contributed by atoms with Gasteiger partial charge in [-0.1, -0.05) is 39.3 Å². The van der Waals surface area contributed by atoms with E-state index in [0.29, 0.717) is 31.9 Å². The highest BCUT2D eigenvalue weighted by Crippen LogP contribution is 2.28. The summed E-state index contributed by atoms with van der Waals surface area (Å²) in [7, 11) is -0.708. The second-order valence-electron chi connectivity index (χ2n) is 10.0. The summed E-state index contributed by atoms with van der Waals surface area (Å²) in [5.41, 5.74) is 1.38. The van der Waals surface area contributed by atoms with E-state index in [1.54, 1.807) is 13.3 Å². The third kappa shape index (κ3) is 7.13. The standard InChI is InChI=1S/C20H36BrN3O4Si2/c1-26-13-16-18-17(23(19(16)21)14-27-8-10-29(2,3)4)12-22-24(20(18)25)15-28-9-11-30(5,6)7/h12H,8-11,13-15H2,1-7H3. The van der Waals surface area contributed by atoms with Crippen LogP contribution in [-0.4, -0.2) is 50.8 Å². The number of methoxy groups -OCH3 is 1. The first-order valence-electron chi connectivity index (χ1n) is 10.4. The fourth-order valence-electron chi connectivity index (χ4n) is 2.90. The Kier molecular flexibility index (Phi) is 9.08. The van der Waals surface area contributed by atoms with Crippen LogP contribution in [0.15, 0.2) is 15.6 Å². The highest BCUT2D eigenvalue weighted by Gasteiger charge is 2.21. The molecule has 2 rings (SSSR count). The van der Waals surface area contributed by atoms with Crippen molar-refractivity contribution in [2.45, 2.75) is 71.4 Å². The lowest BCUT2D eigenvalue weighted by atomic mass is 10.2. The highest BCUT2D eigenvalue weighted by atomic mass is 79.9. The topological polar surface area (TPSA) is 67.5 Å². The molecule has 0 atom stereocenters. The molecule has 0 radical (unpaired) electrons. The van der Waals surface area contributed by atoms with Crippen LogP contribution in [0, 0.1) is 0 Å². The van der Waals surface area contributed by atoms with Gasteiger partial charge in [0.05, 0.1) is 28.3 Å². The number of nitrogens with zero attached hydrogens (tertiary/aromatic N) is 3. The Morgan fingerprint density at radius 3 is 2.10 bits per heavy atom. The van der Waals surface area contributed by atoms with Crippen LogP contribution in [0.25, 0.3) is 10.9 Å². The Labute approximate surface area is 189 Å². The predicted molar refractivity (Wildman–Crippen MR) is 131 cm³/mol. The van der Waals surface area contributed by atoms with E-state index in [2.05, 4.69) is 60.3 Å². The van der Waals surface area contributed by atoms with Crippen LogP contribution < -0.4 is 5.56 Å². The molecule has 0 saturated carbocycles. The maximum Gasteiger partial charge on any atom is 0.278 e. The first-order valence-corrected chi connectivity index (χ1v) is 18.6. The van der Waals surface area contributed by atoms with E-state index >= 15 is 0 Å². The van der Waals surface area contributed by atoms with Crippen LogP contribution in [-0.2, 0) is 34.3 Å². The molecule has 30 heavy (non-hydrogen) atoms. The maximum atomic E-state index is 13.1. The summed E-state index contributed by atoms with van der Waals surface area (Å²) in [6.45, 7) is 16.1. The molecule has 0 spiro atoms. The Bertz CT molecular complexity index is 901. The van der Waals surface area contributed by atoms with Crippen LogP contribution in [0.4, 0.5) is 0 Å². The van der Waals surface area contributed by atoms with Crippen molar-refractivity contribution in [3.05, 3.63) is 26.7 Å². The summed E-state index contributed by atoms with van der Waals surface area (Å²) in [6.07, 6.45) is 1.71. The molecule has 2 heterocycles. The second-order valence-corrected chi connectivity index (χ2v) is 22.0. The fourth-order valence-corrected chi connectivity index (χ4v) is 5.02. The van der Waals surface area contributed by atoms with Gasteiger partial charge < -0.3 is 18.8 Å². The molecule has 10 heteroatoms. The van der Waals surface area contributed by atoms with Gasteiger partial charge >= 0.3 is 0 Å². The van der Waals surface area contributed by atoms with Gasteiger partial charge in [0.1, 0.15) is 13.5 Å². The van der Waals surface area contributed by atoms with Crippen molar-refractivity contribution in [3.63, 3.8) is 0 Å². The van der Waals surface area contributed by atoms with E-state index in [4.69, 9.17) is 14.2 Å². The van der Waals surface area contributed by atoms with Crippen LogP contribution in [0.1, 0.15) is 5.56 Å². The number of hydrogen-bond acceptors (Lipinski definition) is 5. The minimum atomic E-state index is -1.17. The lowest BCUT2D eigenvalue weighted by molar-refractivity contribution is 0.0752. The van der Waals surface area contributed by atoms with Crippen LogP contribution in [0.5, 0.6) is 0 Å². The van der Waals surface area contributed by atoms with Gasteiger partial charge in [-0.2, -0.15) is 5.10 Å². The molecule has 0 aliphatic heterocycles. The molecule has 0 aliphatic rings. The number of hydrogen-bond donors (Lipinski definition) is 0. The van der Waals surface area contributed by atoms with Crippen molar-refractivity contribution in [3.8, 4) is 0 Å². The predicted octanol–water partition coefficient (Wildman–Crippen LogP) is 4.73. The molecule has 0 bridgehead atoms. The first kappa shape index (κ1) is 25.5. The molecule has 0 N–H and O–H groups in total. The summed E-state index contributed by atoms with van der Waals surface area (Å²) in [6, 6.07) is 2.14. The largest absolute Gasteiger partial charge is 0.380 e. The summed E-state index contributed by atoms with van der Waals surface area (Å²) in [5.74, 6) is 0. The number of halogens is 1. The number of aromatic nitrogens is 3. The number of rotatable bonds is 12. The van der Waals surface area contributed by atoms with Gasteiger partial charge in [0.15, 0.2) is 0 Å². The number of fused-ring (bicyclic) bond motifs is 1. The van der Waals surface area contributed by atoms with Crippen molar-refractivity contribution < 1.29 is 14.2 Å². The molecule has 0 aliphatic carbocycles. The Hall–Kier alpha value is -0.786. The van der Waals surface area contributed by atoms with Crippen LogP contribution >= 0.6 is 15.9 Å². The quantitative estimate of drug-likeness (QED) is 0.300. The van der Waals surface area contributed by atoms with Crippen molar-refractivity contribution in [2.24, 2.45) is 0 Å². The molecule has 2 aromatic rings. The van der Waals surface area contributed by atoms with Gasteiger partial charge in [0, 0.05) is 42.0 Å². The van der Waals surface area contributed by atoms with E-state index in [1.165, 1.54) is 4.68 Å². The van der Waals surface area contributed by atoms with Crippen molar-refractivity contribution in [1.82, 2.24) is 14.3 Å². The second kappa shape index (κ2) is 10.7. The van der Waals surface area contributed by atoms with E-state index in [1.807, 2.05) is 4.57 Å². The maximum absolute atomic E-state index is 13.1. The zero-order chi connectivity index (χ0) is 22.5. The molecule has 0 amide bonds.